The van der Waals surface area contributed by atoms with Crippen LogP contribution in [0.1, 0.15) is 83.1 Å². The first-order valence-electron chi connectivity index (χ1n) is 8.97. The maximum absolute atomic E-state index is 3.99. The molecule has 22 heavy (non-hydrogen) atoms. The number of allylic oxidation sites excluding steroid dienone is 2. The third-order valence-electron chi connectivity index (χ3n) is 5.86. The predicted molar refractivity (Wildman–Crippen MR) is 97.2 cm³/mol. The average Bonchev–Trinajstić information content (AvgIpc) is 2.24. The summed E-state index contributed by atoms with van der Waals surface area (Å²) in [5, 5.41) is 0. The Morgan fingerprint density at radius 3 is 1.00 bits per heavy atom. The largest absolute Gasteiger partial charge is 0.490 e. The molecule has 0 bridgehead atoms. The Morgan fingerprint density at radius 1 is 0.591 bits per heavy atom. The SMILES string of the molecule is CC(C)=[C-]C(C(C)C)(C(C)C)C(C(C)C)(C(C)C)C(C)C.[Y]. The molecular formula is C21H41Y-. The summed E-state index contributed by atoms with van der Waals surface area (Å²) < 4.78 is 0. The summed E-state index contributed by atoms with van der Waals surface area (Å²) in [6.07, 6.45) is 3.99. The van der Waals surface area contributed by atoms with E-state index in [0.29, 0.717) is 29.6 Å². The number of hydrogen-bond donors (Lipinski definition) is 0. The maximum atomic E-state index is 3.99. The quantitative estimate of drug-likeness (QED) is 0.416. The van der Waals surface area contributed by atoms with Crippen LogP contribution >= 0.6 is 0 Å². The van der Waals surface area contributed by atoms with Gasteiger partial charge in [0.25, 0.3) is 0 Å². The molecule has 0 aromatic carbocycles. The first-order chi connectivity index (χ1) is 9.38. The fraction of sp³-hybridized carbons (Fsp3) is 0.905. The summed E-state index contributed by atoms with van der Waals surface area (Å²) in [4.78, 5) is 0. The summed E-state index contributed by atoms with van der Waals surface area (Å²) >= 11 is 0. The first-order valence-corrected chi connectivity index (χ1v) is 8.97. The Hall–Kier alpha value is 0.844. The van der Waals surface area contributed by atoms with Crippen molar-refractivity contribution in [3.8, 4) is 0 Å². The van der Waals surface area contributed by atoms with Gasteiger partial charge in [0.05, 0.1) is 0 Å². The second-order valence-corrected chi connectivity index (χ2v) is 8.70. The van der Waals surface area contributed by atoms with Crippen molar-refractivity contribution in [2.24, 2.45) is 40.4 Å². The van der Waals surface area contributed by atoms with Crippen molar-refractivity contribution in [1.29, 1.82) is 0 Å². The maximum Gasteiger partial charge on any atom is 0 e. The number of hydrogen-bond acceptors (Lipinski definition) is 0. The second kappa shape index (κ2) is 9.36. The molecule has 0 saturated heterocycles. The second-order valence-electron chi connectivity index (χ2n) is 8.70. The molecule has 0 nitrogen and oxygen atoms in total. The molecular weight excluding hydrogens is 341 g/mol. The Bertz CT molecular complexity index is 311. The van der Waals surface area contributed by atoms with Crippen LogP contribution in [0.15, 0.2) is 5.57 Å². The van der Waals surface area contributed by atoms with Crippen LogP contribution in [0.4, 0.5) is 0 Å². The Balaban J connectivity index is 0. The molecule has 0 unspecified atom stereocenters. The summed E-state index contributed by atoms with van der Waals surface area (Å²) in [5.41, 5.74) is 1.71. The molecule has 129 valence electrons. The monoisotopic (exact) mass is 382 g/mol. The average molecular weight is 382 g/mol. The van der Waals surface area contributed by atoms with Crippen LogP contribution in [0.3, 0.4) is 0 Å². The van der Waals surface area contributed by atoms with Gasteiger partial charge in [-0.25, -0.2) is 0 Å². The van der Waals surface area contributed by atoms with Gasteiger partial charge >= 0.3 is 0 Å². The molecule has 0 amide bonds. The van der Waals surface area contributed by atoms with Gasteiger partial charge in [-0.2, -0.15) is 5.41 Å². The van der Waals surface area contributed by atoms with E-state index in [-0.39, 0.29) is 43.5 Å². The summed E-state index contributed by atoms with van der Waals surface area (Å²) in [6, 6.07) is 0. The molecule has 0 aliphatic heterocycles. The molecule has 0 spiro atoms. The van der Waals surface area contributed by atoms with Gasteiger partial charge in [0.2, 0.25) is 0 Å². The van der Waals surface area contributed by atoms with E-state index in [1.54, 1.807) is 0 Å². The van der Waals surface area contributed by atoms with E-state index >= 15 is 0 Å². The van der Waals surface area contributed by atoms with E-state index in [1.807, 2.05) is 0 Å². The van der Waals surface area contributed by atoms with Crippen molar-refractivity contribution < 1.29 is 32.7 Å². The topological polar surface area (TPSA) is 0 Å². The van der Waals surface area contributed by atoms with Crippen LogP contribution in [0.2, 0.25) is 0 Å². The fourth-order valence-electron chi connectivity index (χ4n) is 5.91. The molecule has 0 fully saturated rings. The molecule has 0 aromatic heterocycles. The van der Waals surface area contributed by atoms with Crippen molar-refractivity contribution in [1.82, 2.24) is 0 Å². The Morgan fingerprint density at radius 2 is 0.864 bits per heavy atom. The first kappa shape index (κ1) is 25.1. The normalized spacial score (nSPS) is 13.3. The van der Waals surface area contributed by atoms with Crippen LogP contribution in [-0.4, -0.2) is 0 Å². The van der Waals surface area contributed by atoms with E-state index in [2.05, 4.69) is 89.2 Å². The van der Waals surface area contributed by atoms with Crippen LogP contribution in [-0.2, 0) is 32.7 Å². The van der Waals surface area contributed by atoms with Gasteiger partial charge in [-0.1, -0.05) is 94.9 Å². The zero-order chi connectivity index (χ0) is 17.2. The molecule has 0 aliphatic rings. The van der Waals surface area contributed by atoms with Gasteiger partial charge in [-0.15, -0.1) is 0 Å². The van der Waals surface area contributed by atoms with Crippen molar-refractivity contribution in [2.45, 2.75) is 83.1 Å². The Kier molecular flexibility index (Phi) is 10.7. The van der Waals surface area contributed by atoms with Gasteiger partial charge in [0.1, 0.15) is 0 Å². The van der Waals surface area contributed by atoms with E-state index in [4.69, 9.17) is 0 Å². The zero-order valence-electron chi connectivity index (χ0n) is 17.5. The van der Waals surface area contributed by atoms with Crippen LogP contribution in [0, 0.1) is 46.5 Å². The minimum atomic E-state index is 0. The molecule has 0 aromatic rings. The van der Waals surface area contributed by atoms with Crippen LogP contribution in [0.5, 0.6) is 0 Å². The van der Waals surface area contributed by atoms with E-state index in [1.165, 1.54) is 5.57 Å². The van der Waals surface area contributed by atoms with Gasteiger partial charge in [-0.3, -0.25) is 5.57 Å². The predicted octanol–water partition coefficient (Wildman–Crippen LogP) is 7.01. The van der Waals surface area contributed by atoms with Crippen molar-refractivity contribution in [3.05, 3.63) is 11.6 Å². The van der Waals surface area contributed by atoms with Gasteiger partial charge in [-0.05, 0) is 23.2 Å². The standard InChI is InChI=1S/C21H41.Y/c1-14(2)13-20(15(3)4,16(5)6)21(17(7)8,18(9)10)19(11)12;/h15-19H,1-12H3;/q-1;. The van der Waals surface area contributed by atoms with Gasteiger partial charge < -0.3 is 6.08 Å². The minimum absolute atomic E-state index is 0. The molecule has 0 aliphatic carbocycles. The fourth-order valence-corrected chi connectivity index (χ4v) is 5.91. The molecule has 0 rings (SSSR count). The molecule has 0 heterocycles. The summed E-state index contributed by atoms with van der Waals surface area (Å²) in [7, 11) is 0. The molecule has 0 atom stereocenters. The Labute approximate surface area is 167 Å². The zero-order valence-corrected chi connectivity index (χ0v) is 20.3. The van der Waals surface area contributed by atoms with Crippen LogP contribution in [0.25, 0.3) is 0 Å². The van der Waals surface area contributed by atoms with E-state index < -0.39 is 0 Å². The summed E-state index contributed by atoms with van der Waals surface area (Å²) in [5.74, 6) is 3.07. The molecule has 0 N–H and O–H groups in total. The van der Waals surface area contributed by atoms with E-state index in [0.717, 1.165) is 0 Å². The van der Waals surface area contributed by atoms with E-state index in [9.17, 15) is 0 Å². The third kappa shape index (κ3) is 4.08. The van der Waals surface area contributed by atoms with Gasteiger partial charge in [0.15, 0.2) is 0 Å². The number of rotatable bonds is 7. The molecule has 1 heteroatoms. The minimum Gasteiger partial charge on any atom is -0.490 e. The molecule has 0 saturated carbocycles. The van der Waals surface area contributed by atoms with Crippen molar-refractivity contribution in [2.75, 3.05) is 0 Å². The summed E-state index contributed by atoms with van der Waals surface area (Å²) in [6.45, 7) is 28.6. The molecule has 1 radical (unpaired) electrons. The smallest absolute Gasteiger partial charge is 0 e. The van der Waals surface area contributed by atoms with Crippen LogP contribution < -0.4 is 0 Å². The van der Waals surface area contributed by atoms with Crippen molar-refractivity contribution >= 4 is 0 Å². The van der Waals surface area contributed by atoms with Gasteiger partial charge in [0, 0.05) is 32.7 Å². The third-order valence-corrected chi connectivity index (χ3v) is 5.86. The van der Waals surface area contributed by atoms with Crippen molar-refractivity contribution in [3.63, 3.8) is 0 Å².